The fourth-order valence-corrected chi connectivity index (χ4v) is 5.00. The zero-order valence-electron chi connectivity index (χ0n) is 15.4. The minimum atomic E-state index is -1.66. The Morgan fingerprint density at radius 2 is 1.42 bits per heavy atom. The van der Waals surface area contributed by atoms with E-state index in [9.17, 15) is 0 Å². The van der Waals surface area contributed by atoms with Gasteiger partial charge in [0.1, 0.15) is 0 Å². The molecule has 0 aliphatic heterocycles. The van der Waals surface area contributed by atoms with Crippen molar-refractivity contribution in [3.63, 3.8) is 0 Å². The second-order valence-corrected chi connectivity index (χ2v) is 8.49. The summed E-state index contributed by atoms with van der Waals surface area (Å²) in [6.45, 7) is 3.65. The van der Waals surface area contributed by atoms with Crippen LogP contribution >= 0.6 is 0 Å². The smallest absolute Gasteiger partial charge is 0.239 e. The third-order valence-electron chi connectivity index (χ3n) is 4.13. The van der Waals surface area contributed by atoms with Gasteiger partial charge in [0.25, 0.3) is 0 Å². The number of hydrogen-bond acceptors (Lipinski definition) is 5. The molecule has 2 rings (SSSR count). The van der Waals surface area contributed by atoms with Crippen molar-refractivity contribution < 1.29 is 14.3 Å². The van der Waals surface area contributed by atoms with Gasteiger partial charge in [0, 0.05) is 39.9 Å². The summed E-state index contributed by atoms with van der Waals surface area (Å²) in [7, 11) is 0.0465. The first-order valence-electron chi connectivity index (χ1n) is 9.11. The number of aliphatic hydroxyl groups is 1. The average Bonchev–Trinajstić information content (AvgIpc) is 2.70. The number of benzene rings is 2. The lowest BCUT2D eigenvalue weighted by Gasteiger charge is -2.19. The summed E-state index contributed by atoms with van der Waals surface area (Å²) in [6.07, 6.45) is 0.0813. The molecule has 3 N–H and O–H groups in total. The molecule has 0 heterocycles. The van der Waals surface area contributed by atoms with Crippen LogP contribution in [0.3, 0.4) is 0 Å². The Balaban J connectivity index is 1.79. The summed E-state index contributed by atoms with van der Waals surface area (Å²) < 4.78 is 11.7. The van der Waals surface area contributed by atoms with E-state index in [1.54, 1.807) is 7.11 Å². The van der Waals surface area contributed by atoms with Crippen molar-refractivity contribution in [2.24, 2.45) is 0 Å². The van der Waals surface area contributed by atoms with Crippen molar-refractivity contribution in [1.82, 2.24) is 10.6 Å². The topological polar surface area (TPSA) is 62.8 Å². The van der Waals surface area contributed by atoms with E-state index in [1.165, 1.54) is 10.4 Å². The van der Waals surface area contributed by atoms with E-state index in [2.05, 4.69) is 59.2 Å². The van der Waals surface area contributed by atoms with Gasteiger partial charge in [0.05, 0.1) is 12.7 Å². The quantitative estimate of drug-likeness (QED) is 0.333. The van der Waals surface area contributed by atoms with Gasteiger partial charge in [-0.2, -0.15) is 0 Å². The van der Waals surface area contributed by atoms with Gasteiger partial charge in [-0.1, -0.05) is 60.7 Å². The fourth-order valence-electron chi connectivity index (χ4n) is 2.73. The second kappa shape index (κ2) is 12.8. The number of ether oxygens (including phenoxy) is 1. The van der Waals surface area contributed by atoms with E-state index < -0.39 is 9.04 Å². The monoisotopic (exact) mass is 374 g/mol. The van der Waals surface area contributed by atoms with Crippen LogP contribution in [0, 0.1) is 0 Å². The molecule has 26 heavy (non-hydrogen) atoms. The molecule has 6 heteroatoms. The van der Waals surface area contributed by atoms with Crippen LogP contribution in [0.5, 0.6) is 0 Å². The van der Waals surface area contributed by atoms with Gasteiger partial charge in [-0.3, -0.25) is 0 Å². The van der Waals surface area contributed by atoms with Gasteiger partial charge in [0.2, 0.25) is 9.04 Å². The molecule has 0 spiro atoms. The highest BCUT2D eigenvalue weighted by Crippen LogP contribution is 1.95. The van der Waals surface area contributed by atoms with E-state index >= 15 is 0 Å². The normalized spacial score (nSPS) is 12.4. The molecule has 0 saturated heterocycles. The number of methoxy groups -OCH3 is 1. The average molecular weight is 375 g/mol. The summed E-state index contributed by atoms with van der Waals surface area (Å²) in [4.78, 5) is 0. The van der Waals surface area contributed by atoms with Gasteiger partial charge in [-0.15, -0.1) is 0 Å². The zero-order chi connectivity index (χ0) is 18.5. The summed E-state index contributed by atoms with van der Waals surface area (Å²) in [6, 6.07) is 21.0. The second-order valence-electron chi connectivity index (χ2n) is 6.06. The highest BCUT2D eigenvalue weighted by atomic mass is 28.3. The van der Waals surface area contributed by atoms with Gasteiger partial charge < -0.3 is 24.9 Å². The van der Waals surface area contributed by atoms with Crippen molar-refractivity contribution in [2.75, 3.05) is 46.5 Å². The summed E-state index contributed by atoms with van der Waals surface area (Å²) in [5, 5.41) is 17.9. The van der Waals surface area contributed by atoms with Crippen LogP contribution < -0.4 is 21.0 Å². The molecule has 1 unspecified atom stereocenters. The SMILES string of the molecule is COC(CNCCO)CNCCO[SiH](c1ccccc1)c1ccccc1. The van der Waals surface area contributed by atoms with Crippen LogP contribution in [0.1, 0.15) is 0 Å². The first-order chi connectivity index (χ1) is 12.8. The van der Waals surface area contributed by atoms with Gasteiger partial charge in [-0.05, 0) is 10.4 Å². The van der Waals surface area contributed by atoms with Crippen LogP contribution in [0.2, 0.25) is 0 Å². The minimum absolute atomic E-state index is 0.0813. The Morgan fingerprint density at radius 1 is 0.885 bits per heavy atom. The van der Waals surface area contributed by atoms with E-state index in [1.807, 2.05) is 12.1 Å². The first-order valence-corrected chi connectivity index (χ1v) is 10.7. The molecule has 0 saturated carbocycles. The molecular weight excluding hydrogens is 344 g/mol. The lowest BCUT2D eigenvalue weighted by atomic mass is 10.3. The Kier molecular flexibility index (Phi) is 10.2. The van der Waals surface area contributed by atoms with Gasteiger partial charge in [-0.25, -0.2) is 0 Å². The Morgan fingerprint density at radius 3 is 1.92 bits per heavy atom. The highest BCUT2D eigenvalue weighted by Gasteiger charge is 2.17. The van der Waals surface area contributed by atoms with Gasteiger partial charge in [0.15, 0.2) is 0 Å². The molecule has 2 aromatic rings. The van der Waals surface area contributed by atoms with Gasteiger partial charge >= 0.3 is 0 Å². The maximum absolute atomic E-state index is 8.81. The Bertz CT molecular complexity index is 547. The maximum atomic E-state index is 8.81. The molecule has 1 atom stereocenters. The number of rotatable bonds is 13. The van der Waals surface area contributed by atoms with E-state index in [0.29, 0.717) is 13.2 Å². The first kappa shape index (κ1) is 20.8. The molecule has 2 aromatic carbocycles. The third-order valence-corrected chi connectivity index (χ3v) is 6.68. The third kappa shape index (κ3) is 7.37. The predicted molar refractivity (Wildman–Crippen MR) is 109 cm³/mol. The molecule has 142 valence electrons. The summed E-state index contributed by atoms with van der Waals surface area (Å²) in [5.74, 6) is 0. The molecule has 5 nitrogen and oxygen atoms in total. The van der Waals surface area contributed by atoms with Crippen LogP contribution in [-0.2, 0) is 9.16 Å². The lowest BCUT2D eigenvalue weighted by Crippen LogP contribution is -2.46. The Hall–Kier alpha value is -1.54. The van der Waals surface area contributed by atoms with Crippen LogP contribution in [-0.4, -0.2) is 66.8 Å². The van der Waals surface area contributed by atoms with Crippen molar-refractivity contribution in [3.05, 3.63) is 60.7 Å². The lowest BCUT2D eigenvalue weighted by molar-refractivity contribution is 0.0987. The van der Waals surface area contributed by atoms with Crippen molar-refractivity contribution >= 4 is 19.4 Å². The molecule has 0 fully saturated rings. The van der Waals surface area contributed by atoms with Crippen molar-refractivity contribution in [3.8, 4) is 0 Å². The van der Waals surface area contributed by atoms with Crippen LogP contribution in [0.25, 0.3) is 0 Å². The molecule has 0 bridgehead atoms. The molecule has 0 aliphatic carbocycles. The minimum Gasteiger partial charge on any atom is -0.410 e. The van der Waals surface area contributed by atoms with E-state index in [4.69, 9.17) is 14.3 Å². The Labute approximate surface area is 158 Å². The van der Waals surface area contributed by atoms with E-state index in [0.717, 1.165) is 19.6 Å². The van der Waals surface area contributed by atoms with Crippen molar-refractivity contribution in [1.29, 1.82) is 0 Å². The molecule has 0 amide bonds. The van der Waals surface area contributed by atoms with Crippen molar-refractivity contribution in [2.45, 2.75) is 6.10 Å². The number of hydrogen-bond donors (Lipinski definition) is 3. The largest absolute Gasteiger partial charge is 0.410 e. The van der Waals surface area contributed by atoms with Crippen LogP contribution in [0.4, 0.5) is 0 Å². The maximum Gasteiger partial charge on any atom is 0.239 e. The molecule has 0 radical (unpaired) electrons. The highest BCUT2D eigenvalue weighted by molar-refractivity contribution is 6.80. The number of aliphatic hydroxyl groups excluding tert-OH is 1. The summed E-state index contributed by atoms with van der Waals surface area (Å²) >= 11 is 0. The molecule has 0 aliphatic rings. The molecular formula is C20H30N2O3Si. The fraction of sp³-hybridized carbons (Fsp3) is 0.400. The predicted octanol–water partition coefficient (Wildman–Crippen LogP) is -0.272. The molecule has 0 aromatic heterocycles. The standard InChI is InChI=1S/C20H30N2O3Si/c1-24-18(16-21-12-14-23)17-22-13-15-25-26(19-8-4-2-5-9-19)20-10-6-3-7-11-20/h2-11,18,21-23,26H,12-17H2,1H3. The zero-order valence-corrected chi connectivity index (χ0v) is 16.6. The van der Waals surface area contributed by atoms with E-state index in [-0.39, 0.29) is 12.7 Å². The summed E-state index contributed by atoms with van der Waals surface area (Å²) in [5.41, 5.74) is 0. The van der Waals surface area contributed by atoms with Crippen LogP contribution in [0.15, 0.2) is 60.7 Å². The number of nitrogens with one attached hydrogen (secondary N) is 2.